The van der Waals surface area contributed by atoms with Gasteiger partial charge in [0.1, 0.15) is 11.9 Å². The molecule has 2 atom stereocenters. The van der Waals surface area contributed by atoms with E-state index in [1.165, 1.54) is 0 Å². The van der Waals surface area contributed by atoms with E-state index in [2.05, 4.69) is 12.2 Å². The molecule has 19 heavy (non-hydrogen) atoms. The molecule has 0 unspecified atom stereocenters. The maximum absolute atomic E-state index is 12.2. The molecule has 2 aliphatic carbocycles. The van der Waals surface area contributed by atoms with Crippen molar-refractivity contribution in [1.82, 2.24) is 0 Å². The number of hydrogen-bond donors (Lipinski definition) is 0. The van der Waals surface area contributed by atoms with E-state index in [4.69, 9.17) is 4.74 Å². The lowest BCUT2D eigenvalue weighted by Crippen LogP contribution is -2.33. The van der Waals surface area contributed by atoms with Gasteiger partial charge in [0.2, 0.25) is 11.6 Å². The van der Waals surface area contributed by atoms with E-state index in [1.54, 1.807) is 12.1 Å². The summed E-state index contributed by atoms with van der Waals surface area (Å²) in [6, 6.07) is 7.19. The van der Waals surface area contributed by atoms with Gasteiger partial charge in [0, 0.05) is 22.6 Å². The molecule has 0 saturated heterocycles. The smallest absolute Gasteiger partial charge is 0.234 e. The summed E-state index contributed by atoms with van der Waals surface area (Å²) in [5.74, 6) is 0.134. The van der Waals surface area contributed by atoms with E-state index in [1.807, 2.05) is 12.1 Å². The van der Waals surface area contributed by atoms with Gasteiger partial charge in [0.15, 0.2) is 0 Å². The number of carbonyl (C=O) groups excluding carboxylic acids is 2. The summed E-state index contributed by atoms with van der Waals surface area (Å²) in [5, 5.41) is 0. The van der Waals surface area contributed by atoms with Crippen molar-refractivity contribution in [2.75, 3.05) is 0 Å². The summed E-state index contributed by atoms with van der Waals surface area (Å²) < 4.78 is 5.98. The Bertz CT molecular complexity index is 666. The second kappa shape index (κ2) is 3.67. The molecular weight excluding hydrogens is 240 g/mol. The van der Waals surface area contributed by atoms with Gasteiger partial charge in [-0.2, -0.15) is 0 Å². The second-order valence-corrected chi connectivity index (χ2v) is 5.22. The van der Waals surface area contributed by atoms with Crippen LogP contribution in [0.2, 0.25) is 0 Å². The molecule has 3 nitrogen and oxygen atoms in total. The van der Waals surface area contributed by atoms with E-state index in [0.717, 1.165) is 12.0 Å². The molecule has 1 aliphatic heterocycles. The van der Waals surface area contributed by atoms with Gasteiger partial charge in [-0.1, -0.05) is 30.3 Å². The number of ether oxygens (including phenoxy) is 1. The number of allylic oxidation sites excluding steroid dienone is 2. The quantitative estimate of drug-likeness (QED) is 0.526. The molecule has 0 bridgehead atoms. The van der Waals surface area contributed by atoms with Gasteiger partial charge >= 0.3 is 0 Å². The van der Waals surface area contributed by atoms with Crippen LogP contribution in [0.15, 0.2) is 42.0 Å². The van der Waals surface area contributed by atoms with Crippen LogP contribution in [0.1, 0.15) is 28.8 Å². The predicted molar refractivity (Wildman–Crippen MR) is 69.4 cm³/mol. The summed E-state index contributed by atoms with van der Waals surface area (Å²) in [4.78, 5) is 24.3. The third-order valence-corrected chi connectivity index (χ3v) is 4.12. The van der Waals surface area contributed by atoms with Crippen LogP contribution in [-0.4, -0.2) is 17.7 Å². The first kappa shape index (κ1) is 10.7. The normalized spacial score (nSPS) is 27.8. The van der Waals surface area contributed by atoms with Crippen LogP contribution >= 0.6 is 0 Å². The molecule has 1 heterocycles. The van der Waals surface area contributed by atoms with Gasteiger partial charge in [0.05, 0.1) is 0 Å². The topological polar surface area (TPSA) is 43.4 Å². The Morgan fingerprint density at radius 1 is 1.05 bits per heavy atom. The first-order valence-electron chi connectivity index (χ1n) is 6.50. The minimum Gasteiger partial charge on any atom is -0.485 e. The number of ketones is 2. The summed E-state index contributed by atoms with van der Waals surface area (Å²) in [6.45, 7) is 0. The molecule has 1 aromatic carbocycles. The van der Waals surface area contributed by atoms with Gasteiger partial charge in [-0.3, -0.25) is 9.59 Å². The Kier molecular flexibility index (Phi) is 2.07. The van der Waals surface area contributed by atoms with E-state index < -0.39 is 5.78 Å². The van der Waals surface area contributed by atoms with Crippen LogP contribution in [0.25, 0.3) is 5.76 Å². The van der Waals surface area contributed by atoms with Crippen LogP contribution in [0.3, 0.4) is 0 Å². The van der Waals surface area contributed by atoms with Crippen LogP contribution in [0.4, 0.5) is 0 Å². The fraction of sp³-hybridized carbons (Fsp3) is 0.250. The van der Waals surface area contributed by atoms with E-state index >= 15 is 0 Å². The molecule has 0 radical (unpaired) electrons. The molecule has 1 aromatic rings. The standard InChI is InChI=1S/C16H12O3/c17-14-10-5-1-2-6-11(10)16-12(15(14)18)8-9-4-3-7-13(9)19-16/h1-3,5-7,9,13H,4,8H2/t9-,13-/m0/s1. The maximum atomic E-state index is 12.2. The van der Waals surface area contributed by atoms with Crippen molar-refractivity contribution >= 4 is 17.3 Å². The van der Waals surface area contributed by atoms with Crippen LogP contribution in [0.5, 0.6) is 0 Å². The minimum atomic E-state index is -0.401. The largest absolute Gasteiger partial charge is 0.485 e. The van der Waals surface area contributed by atoms with Crippen molar-refractivity contribution in [1.29, 1.82) is 0 Å². The molecule has 0 spiro atoms. The molecule has 3 heteroatoms. The Labute approximate surface area is 110 Å². The number of benzene rings is 1. The molecule has 4 rings (SSSR count). The zero-order valence-corrected chi connectivity index (χ0v) is 10.3. The average Bonchev–Trinajstić information content (AvgIpc) is 2.90. The zero-order chi connectivity index (χ0) is 13.0. The van der Waals surface area contributed by atoms with Crippen molar-refractivity contribution in [3.63, 3.8) is 0 Å². The number of carbonyl (C=O) groups is 2. The van der Waals surface area contributed by atoms with E-state index in [9.17, 15) is 9.59 Å². The molecule has 94 valence electrons. The molecule has 0 amide bonds. The highest BCUT2D eigenvalue weighted by atomic mass is 16.5. The minimum absolute atomic E-state index is 0.0489. The highest BCUT2D eigenvalue weighted by molar-refractivity contribution is 6.52. The fourth-order valence-corrected chi connectivity index (χ4v) is 3.14. The highest BCUT2D eigenvalue weighted by Gasteiger charge is 2.41. The molecule has 0 saturated carbocycles. The second-order valence-electron chi connectivity index (χ2n) is 5.22. The molecular formula is C16H12O3. The molecule has 0 N–H and O–H groups in total. The Hall–Kier alpha value is -2.16. The molecule has 0 aromatic heterocycles. The van der Waals surface area contributed by atoms with Gasteiger partial charge in [0.25, 0.3) is 0 Å². The summed E-state index contributed by atoms with van der Waals surface area (Å²) in [6.07, 6.45) is 5.76. The lowest BCUT2D eigenvalue weighted by Gasteiger charge is -2.32. The monoisotopic (exact) mass is 252 g/mol. The summed E-state index contributed by atoms with van der Waals surface area (Å²) in [7, 11) is 0. The number of rotatable bonds is 0. The molecule has 3 aliphatic rings. The van der Waals surface area contributed by atoms with Gasteiger partial charge < -0.3 is 4.74 Å². The van der Waals surface area contributed by atoms with E-state index in [0.29, 0.717) is 29.2 Å². The van der Waals surface area contributed by atoms with Crippen molar-refractivity contribution in [3.05, 3.63) is 53.1 Å². The Balaban J connectivity index is 1.91. The van der Waals surface area contributed by atoms with Crippen LogP contribution in [0, 0.1) is 5.92 Å². The molecule has 0 fully saturated rings. The number of hydrogen-bond acceptors (Lipinski definition) is 3. The van der Waals surface area contributed by atoms with Gasteiger partial charge in [-0.15, -0.1) is 0 Å². The summed E-state index contributed by atoms with van der Waals surface area (Å²) >= 11 is 0. The van der Waals surface area contributed by atoms with Crippen molar-refractivity contribution in [2.45, 2.75) is 18.9 Å². The Morgan fingerprint density at radius 2 is 1.84 bits per heavy atom. The zero-order valence-electron chi connectivity index (χ0n) is 10.3. The van der Waals surface area contributed by atoms with Crippen LogP contribution in [-0.2, 0) is 9.53 Å². The van der Waals surface area contributed by atoms with Gasteiger partial charge in [-0.25, -0.2) is 0 Å². The highest BCUT2D eigenvalue weighted by Crippen LogP contribution is 2.42. The predicted octanol–water partition coefficient (Wildman–Crippen LogP) is 2.53. The maximum Gasteiger partial charge on any atom is 0.234 e. The number of Topliss-reactive ketones (excluding diaryl/α,β-unsaturated/α-hetero) is 2. The SMILES string of the molecule is O=C1C(=O)c2ccccc2C2=C1C[C@@H]1CC=C[C@@H]1O2. The van der Waals surface area contributed by atoms with Crippen LogP contribution < -0.4 is 0 Å². The summed E-state index contributed by atoms with van der Waals surface area (Å²) in [5.41, 5.74) is 1.79. The van der Waals surface area contributed by atoms with E-state index in [-0.39, 0.29) is 11.9 Å². The third kappa shape index (κ3) is 1.38. The van der Waals surface area contributed by atoms with Gasteiger partial charge in [-0.05, 0) is 18.9 Å². The van der Waals surface area contributed by atoms with Crippen molar-refractivity contribution in [3.8, 4) is 0 Å². The lowest BCUT2D eigenvalue weighted by molar-refractivity contribution is -0.112. The Morgan fingerprint density at radius 3 is 2.68 bits per heavy atom. The average molecular weight is 252 g/mol. The lowest BCUT2D eigenvalue weighted by atomic mass is 9.81. The number of fused-ring (bicyclic) bond motifs is 3. The first-order valence-corrected chi connectivity index (χ1v) is 6.50. The van der Waals surface area contributed by atoms with Crippen molar-refractivity contribution in [2.24, 2.45) is 5.92 Å². The van der Waals surface area contributed by atoms with Crippen molar-refractivity contribution < 1.29 is 14.3 Å². The third-order valence-electron chi connectivity index (χ3n) is 4.12. The first-order chi connectivity index (χ1) is 9.25. The fourth-order valence-electron chi connectivity index (χ4n) is 3.14.